The predicted octanol–water partition coefficient (Wildman–Crippen LogP) is 5.97. The van der Waals surface area contributed by atoms with Crippen molar-refractivity contribution in [3.8, 4) is 11.1 Å². The number of furan rings is 1. The van der Waals surface area contributed by atoms with Crippen molar-refractivity contribution in [2.75, 3.05) is 39.6 Å². The molecule has 240 valence electrons. The van der Waals surface area contributed by atoms with Gasteiger partial charge in [0, 0.05) is 18.6 Å². The summed E-state index contributed by atoms with van der Waals surface area (Å²) >= 11 is 0. The maximum Gasteiger partial charge on any atom is 0.417 e. The van der Waals surface area contributed by atoms with Gasteiger partial charge < -0.3 is 23.7 Å². The molecule has 0 bridgehead atoms. The van der Waals surface area contributed by atoms with Crippen molar-refractivity contribution in [1.29, 1.82) is 0 Å². The molecule has 0 unspecified atom stereocenters. The molecule has 46 heavy (non-hydrogen) atoms. The Morgan fingerprint density at radius 1 is 0.913 bits per heavy atom. The van der Waals surface area contributed by atoms with Gasteiger partial charge in [-0.25, -0.2) is 9.69 Å². The van der Waals surface area contributed by atoms with Gasteiger partial charge in [-0.15, -0.1) is 0 Å². The third-order valence-corrected chi connectivity index (χ3v) is 7.87. The fraction of sp³-hybridized carbons (Fsp3) is 0.324. The van der Waals surface area contributed by atoms with Crippen LogP contribution in [0.4, 0.5) is 4.79 Å². The maximum atomic E-state index is 14.3. The highest BCUT2D eigenvalue weighted by atomic mass is 16.6. The molecule has 0 aliphatic carbocycles. The molecule has 0 radical (unpaired) electrons. The van der Waals surface area contributed by atoms with Crippen LogP contribution in [-0.4, -0.2) is 67.4 Å². The summed E-state index contributed by atoms with van der Waals surface area (Å²) in [5.41, 5.74) is 4.25. The smallest absolute Gasteiger partial charge is 0.417 e. The highest BCUT2D eigenvalue weighted by Gasteiger charge is 2.44. The van der Waals surface area contributed by atoms with E-state index in [-0.39, 0.29) is 32.0 Å². The molecule has 9 nitrogen and oxygen atoms in total. The van der Waals surface area contributed by atoms with Crippen LogP contribution in [0, 0.1) is 12.8 Å². The van der Waals surface area contributed by atoms with E-state index in [2.05, 4.69) is 0 Å². The molecule has 2 heterocycles. The summed E-state index contributed by atoms with van der Waals surface area (Å²) in [5.74, 6) is -1.67. The van der Waals surface area contributed by atoms with Gasteiger partial charge in [-0.3, -0.25) is 9.59 Å². The van der Waals surface area contributed by atoms with Gasteiger partial charge in [-0.05, 0) is 42.5 Å². The number of ether oxygens (including phenoxy) is 3. The van der Waals surface area contributed by atoms with E-state index in [0.717, 1.165) is 32.7 Å². The molecule has 1 aliphatic rings. The Hall–Kier alpha value is -4.57. The van der Waals surface area contributed by atoms with E-state index in [1.807, 2.05) is 91.9 Å². The molecular weight excluding hydrogens is 586 g/mol. The van der Waals surface area contributed by atoms with Crippen molar-refractivity contribution >= 4 is 17.8 Å². The zero-order valence-corrected chi connectivity index (χ0v) is 25.9. The van der Waals surface area contributed by atoms with Crippen LogP contribution in [0.5, 0.6) is 0 Å². The molecule has 0 saturated carbocycles. The van der Waals surface area contributed by atoms with Crippen molar-refractivity contribution in [3.05, 3.63) is 119 Å². The van der Waals surface area contributed by atoms with Gasteiger partial charge >= 0.3 is 6.09 Å². The molecule has 0 spiro atoms. The summed E-state index contributed by atoms with van der Waals surface area (Å²) in [5, 5.41) is 8.83. The van der Waals surface area contributed by atoms with Gasteiger partial charge in [0.25, 0.3) is 0 Å². The fourth-order valence-electron chi connectivity index (χ4n) is 5.58. The van der Waals surface area contributed by atoms with Crippen molar-refractivity contribution in [3.63, 3.8) is 0 Å². The van der Waals surface area contributed by atoms with E-state index in [0.29, 0.717) is 38.4 Å². The van der Waals surface area contributed by atoms with Crippen LogP contribution in [0.3, 0.4) is 0 Å². The molecule has 9 heteroatoms. The molecule has 3 aromatic carbocycles. The van der Waals surface area contributed by atoms with Gasteiger partial charge in [0.15, 0.2) is 5.76 Å². The molecular formula is C37H39NO8. The number of aliphatic hydroxyl groups excluding tert-OH is 1. The number of Topliss-reactive ketones (excluding diaryl/α,β-unsaturated/α-hetero) is 1. The van der Waals surface area contributed by atoms with Gasteiger partial charge in [0.1, 0.15) is 24.3 Å². The third-order valence-electron chi connectivity index (χ3n) is 7.87. The average molecular weight is 626 g/mol. The number of benzene rings is 3. The summed E-state index contributed by atoms with van der Waals surface area (Å²) in [4.78, 5) is 42.6. The summed E-state index contributed by atoms with van der Waals surface area (Å²) in [7, 11) is 0. The summed E-state index contributed by atoms with van der Waals surface area (Å²) < 4.78 is 22.5. The monoisotopic (exact) mass is 625 g/mol. The Morgan fingerprint density at radius 2 is 1.63 bits per heavy atom. The van der Waals surface area contributed by atoms with Crippen LogP contribution < -0.4 is 0 Å². The van der Waals surface area contributed by atoms with E-state index in [9.17, 15) is 14.4 Å². The van der Waals surface area contributed by atoms with Crippen LogP contribution in [0.1, 0.15) is 45.5 Å². The molecule has 1 aliphatic heterocycles. The van der Waals surface area contributed by atoms with Crippen LogP contribution in [0.2, 0.25) is 0 Å². The third kappa shape index (κ3) is 8.17. The largest absolute Gasteiger partial charge is 0.457 e. The Bertz CT molecular complexity index is 1600. The Morgan fingerprint density at radius 3 is 2.35 bits per heavy atom. The fourth-order valence-corrected chi connectivity index (χ4v) is 5.58. The van der Waals surface area contributed by atoms with Crippen molar-refractivity contribution in [2.45, 2.75) is 32.2 Å². The predicted molar refractivity (Wildman–Crippen MR) is 171 cm³/mol. The molecule has 1 fully saturated rings. The number of carbonyl (C=O) groups excluding carboxylic acids is 3. The molecule has 1 saturated heterocycles. The minimum absolute atomic E-state index is 0.0128. The number of rotatable bonds is 16. The number of amides is 2. The Labute approximate surface area is 268 Å². The molecule has 2 atom stereocenters. The first-order valence-corrected chi connectivity index (χ1v) is 15.5. The van der Waals surface area contributed by atoms with Crippen molar-refractivity contribution in [1.82, 2.24) is 4.90 Å². The highest BCUT2D eigenvalue weighted by Crippen LogP contribution is 2.34. The van der Waals surface area contributed by atoms with Gasteiger partial charge in [-0.1, -0.05) is 90.5 Å². The average Bonchev–Trinajstić information content (AvgIpc) is 3.69. The molecule has 1 aromatic heterocycles. The second-order valence-electron chi connectivity index (χ2n) is 11.2. The number of cyclic esters (lactones) is 1. The highest BCUT2D eigenvalue weighted by molar-refractivity contribution is 6.12. The first-order chi connectivity index (χ1) is 22.5. The maximum absolute atomic E-state index is 14.3. The number of hydrogen-bond donors (Lipinski definition) is 1. The minimum atomic E-state index is -1.22. The van der Waals surface area contributed by atoms with E-state index < -0.39 is 29.7 Å². The first kappa shape index (κ1) is 32.8. The van der Waals surface area contributed by atoms with Crippen molar-refractivity contribution < 1.29 is 38.1 Å². The summed E-state index contributed by atoms with van der Waals surface area (Å²) in [6.07, 6.45) is 0.447. The summed E-state index contributed by atoms with van der Waals surface area (Å²) in [6.45, 7) is 3.49. The molecule has 1 N–H and O–H groups in total. The first-order valence-electron chi connectivity index (χ1n) is 15.5. The number of hydrogen-bond acceptors (Lipinski definition) is 8. The number of aliphatic hydroxyl groups is 1. The van der Waals surface area contributed by atoms with Crippen molar-refractivity contribution in [2.24, 2.45) is 5.92 Å². The second kappa shape index (κ2) is 16.1. The Kier molecular flexibility index (Phi) is 11.5. The van der Waals surface area contributed by atoms with E-state index in [1.54, 1.807) is 6.07 Å². The quantitative estimate of drug-likeness (QED) is 0.0920. The normalized spacial score (nSPS) is 15.1. The van der Waals surface area contributed by atoms with E-state index in [4.69, 9.17) is 23.7 Å². The van der Waals surface area contributed by atoms with Gasteiger partial charge in [0.2, 0.25) is 11.7 Å². The number of nitrogens with zero attached hydrogens (tertiary/aromatic N) is 1. The zero-order valence-electron chi connectivity index (χ0n) is 25.9. The molecule has 2 amide bonds. The van der Waals surface area contributed by atoms with Gasteiger partial charge in [-0.2, -0.15) is 0 Å². The SMILES string of the molecule is Cc1cccc(-c2cc(C(=O)[C@H](Cc3ccccc3)C(=O)N3C(=O)OC[C@@H]3c3ccccc3)oc2CCCOCCOCCO)c1. The lowest BCUT2D eigenvalue weighted by Gasteiger charge is -2.24. The van der Waals surface area contributed by atoms with E-state index in [1.165, 1.54) is 0 Å². The van der Waals surface area contributed by atoms with Gasteiger partial charge in [0.05, 0.1) is 26.4 Å². The molecule has 4 aromatic rings. The van der Waals surface area contributed by atoms with Crippen LogP contribution in [0.15, 0.2) is 95.4 Å². The lowest BCUT2D eigenvalue weighted by molar-refractivity contribution is -0.132. The van der Waals surface area contributed by atoms with Crippen LogP contribution in [-0.2, 0) is 31.8 Å². The number of carbonyl (C=O) groups is 3. The number of imide groups is 1. The zero-order chi connectivity index (χ0) is 32.3. The van der Waals surface area contributed by atoms with Crippen LogP contribution >= 0.6 is 0 Å². The minimum Gasteiger partial charge on any atom is -0.457 e. The van der Waals surface area contributed by atoms with Crippen LogP contribution in [0.25, 0.3) is 11.1 Å². The molecule has 5 rings (SSSR count). The number of ketones is 1. The number of aryl methyl sites for hydroxylation is 2. The second-order valence-corrected chi connectivity index (χ2v) is 11.2. The van der Waals surface area contributed by atoms with E-state index >= 15 is 0 Å². The summed E-state index contributed by atoms with van der Waals surface area (Å²) in [6, 6.07) is 27.4. The lowest BCUT2D eigenvalue weighted by Crippen LogP contribution is -2.42. The standard InChI is InChI=1S/C37H39NO8/c1-26-10-8-15-29(22-26)30-24-34(46-33(30)16-9-18-43-20-21-44-19-17-39)35(40)31(23-27-11-4-2-5-12-27)36(41)38-32(25-45-37(38)42)28-13-6-3-7-14-28/h2-8,10-15,22,24,31-32,39H,9,16-21,23,25H2,1H3/t31-,32+/m0/s1. The Balaban J connectivity index is 1.43. The topological polar surface area (TPSA) is 116 Å². The lowest BCUT2D eigenvalue weighted by atomic mass is 9.91.